The lowest BCUT2D eigenvalue weighted by Crippen LogP contribution is -1.98. The lowest BCUT2D eigenvalue weighted by atomic mass is 9.99. The molecule has 3 aromatic rings. The van der Waals surface area contributed by atoms with Gasteiger partial charge in [0, 0.05) is 17.5 Å². The van der Waals surface area contributed by atoms with Crippen molar-refractivity contribution >= 4 is 12.0 Å². The predicted octanol–water partition coefficient (Wildman–Crippen LogP) is 4.95. The molecule has 0 saturated heterocycles. The Labute approximate surface area is 179 Å². The molecule has 5 rings (SSSR count). The van der Waals surface area contributed by atoms with E-state index in [2.05, 4.69) is 22.3 Å². The van der Waals surface area contributed by atoms with Gasteiger partial charge >= 0.3 is 5.97 Å². The van der Waals surface area contributed by atoms with Crippen molar-refractivity contribution in [3.63, 3.8) is 0 Å². The highest BCUT2D eigenvalue weighted by atomic mass is 16.5. The summed E-state index contributed by atoms with van der Waals surface area (Å²) >= 11 is 0. The fourth-order valence-corrected chi connectivity index (χ4v) is 4.25. The fraction of sp³-hybridized carbons (Fsp3) is 0.280. The summed E-state index contributed by atoms with van der Waals surface area (Å²) in [7, 11) is 0. The summed E-state index contributed by atoms with van der Waals surface area (Å²) in [5.41, 5.74) is 7.77. The molecule has 1 fully saturated rings. The molecule has 154 valence electrons. The highest BCUT2D eigenvalue weighted by molar-refractivity contribution is 5.74. The summed E-state index contributed by atoms with van der Waals surface area (Å²) < 4.78 is 5.55. The largest absolute Gasteiger partial charge is 0.481 e. The van der Waals surface area contributed by atoms with E-state index in [9.17, 15) is 10.1 Å². The van der Waals surface area contributed by atoms with Gasteiger partial charge < -0.3 is 9.63 Å². The van der Waals surface area contributed by atoms with Gasteiger partial charge in [0.25, 0.3) is 5.89 Å². The third-order valence-corrected chi connectivity index (χ3v) is 6.06. The summed E-state index contributed by atoms with van der Waals surface area (Å²) in [6, 6.07) is 11.9. The Balaban J connectivity index is 1.44. The maximum Gasteiger partial charge on any atom is 0.303 e. The number of nitriles is 1. The number of nitrogens with zero attached hydrogens (tertiary/aromatic N) is 3. The minimum atomic E-state index is -0.810. The van der Waals surface area contributed by atoms with Crippen LogP contribution in [0.3, 0.4) is 0 Å². The minimum absolute atomic E-state index is 0.0988. The van der Waals surface area contributed by atoms with Gasteiger partial charge in [-0.15, -0.1) is 0 Å². The van der Waals surface area contributed by atoms with Crippen molar-refractivity contribution in [1.29, 1.82) is 5.26 Å². The van der Waals surface area contributed by atoms with E-state index in [1.165, 1.54) is 18.4 Å². The number of aliphatic carboxylic acids is 1. The van der Waals surface area contributed by atoms with Crippen LogP contribution in [-0.2, 0) is 17.6 Å². The van der Waals surface area contributed by atoms with Crippen LogP contribution in [0, 0.1) is 24.2 Å². The number of aryl methyl sites for hydroxylation is 2. The number of carboxylic acid groups (broad SMARTS) is 1. The monoisotopic (exact) mass is 411 g/mol. The molecule has 2 aliphatic rings. The second-order valence-electron chi connectivity index (χ2n) is 8.34. The van der Waals surface area contributed by atoms with Crippen molar-refractivity contribution in [2.45, 2.75) is 39.0 Å². The molecule has 1 saturated carbocycles. The number of hydrogen-bond acceptors (Lipinski definition) is 5. The maximum atomic E-state index is 10.8. The number of fused-ring (bicyclic) bond motifs is 1. The van der Waals surface area contributed by atoms with Crippen LogP contribution in [0.1, 0.15) is 47.1 Å². The number of benzene rings is 2. The van der Waals surface area contributed by atoms with E-state index in [1.807, 2.05) is 37.3 Å². The smallest absolute Gasteiger partial charge is 0.303 e. The van der Waals surface area contributed by atoms with Crippen molar-refractivity contribution in [3.05, 3.63) is 63.7 Å². The Hall–Kier alpha value is -3.72. The van der Waals surface area contributed by atoms with Crippen molar-refractivity contribution < 1.29 is 14.4 Å². The molecule has 0 spiro atoms. The van der Waals surface area contributed by atoms with Crippen LogP contribution < -0.4 is 0 Å². The molecule has 1 heterocycles. The summed E-state index contributed by atoms with van der Waals surface area (Å²) in [5.74, 6) is 0.732. The SMILES string of the molecule is Cc1cc(CCC(=O)O)ccc1-c1noc(-c2cc(C#N)c3c(c2)C=C(C2CC2)C3)n1. The molecular formula is C25H21N3O3. The fourth-order valence-electron chi connectivity index (χ4n) is 4.25. The van der Waals surface area contributed by atoms with Crippen molar-refractivity contribution in [2.75, 3.05) is 0 Å². The number of hydrogen-bond donors (Lipinski definition) is 1. The average Bonchev–Trinajstić information content (AvgIpc) is 3.33. The van der Waals surface area contributed by atoms with Crippen LogP contribution in [0.15, 0.2) is 40.4 Å². The van der Waals surface area contributed by atoms with Crippen LogP contribution in [0.4, 0.5) is 0 Å². The van der Waals surface area contributed by atoms with Crippen LogP contribution in [0.25, 0.3) is 28.9 Å². The summed E-state index contributed by atoms with van der Waals surface area (Å²) in [6.07, 6.45) is 6.16. The number of carbonyl (C=O) groups is 1. The Bertz CT molecular complexity index is 1280. The Morgan fingerprint density at radius 2 is 2.13 bits per heavy atom. The highest BCUT2D eigenvalue weighted by Crippen LogP contribution is 2.44. The molecule has 2 aliphatic carbocycles. The second kappa shape index (κ2) is 7.51. The third-order valence-electron chi connectivity index (χ3n) is 6.06. The number of carboxylic acids is 1. The van der Waals surface area contributed by atoms with Crippen LogP contribution >= 0.6 is 0 Å². The second-order valence-corrected chi connectivity index (χ2v) is 8.34. The molecule has 6 nitrogen and oxygen atoms in total. The highest BCUT2D eigenvalue weighted by Gasteiger charge is 2.30. The molecule has 0 radical (unpaired) electrons. The van der Waals surface area contributed by atoms with E-state index in [-0.39, 0.29) is 6.42 Å². The first-order valence-electron chi connectivity index (χ1n) is 10.4. The van der Waals surface area contributed by atoms with E-state index in [1.54, 1.807) is 0 Å². The molecule has 31 heavy (non-hydrogen) atoms. The zero-order valence-corrected chi connectivity index (χ0v) is 17.2. The first kappa shape index (κ1) is 19.3. The van der Waals surface area contributed by atoms with Gasteiger partial charge in [-0.25, -0.2) is 0 Å². The first-order valence-corrected chi connectivity index (χ1v) is 10.4. The van der Waals surface area contributed by atoms with Gasteiger partial charge in [-0.2, -0.15) is 10.2 Å². The molecule has 0 atom stereocenters. The number of rotatable bonds is 6. The van der Waals surface area contributed by atoms with Gasteiger partial charge in [-0.1, -0.05) is 35.0 Å². The Morgan fingerprint density at radius 3 is 2.84 bits per heavy atom. The third kappa shape index (κ3) is 3.75. The Kier molecular flexibility index (Phi) is 4.67. The average molecular weight is 411 g/mol. The summed E-state index contributed by atoms with van der Waals surface area (Å²) in [5, 5.41) is 22.7. The normalized spacial score (nSPS) is 14.8. The molecule has 2 aromatic carbocycles. The van der Waals surface area contributed by atoms with Gasteiger partial charge in [0.2, 0.25) is 5.82 Å². The zero-order valence-electron chi connectivity index (χ0n) is 17.2. The van der Waals surface area contributed by atoms with Gasteiger partial charge in [-0.05, 0) is 72.9 Å². The van der Waals surface area contributed by atoms with E-state index in [4.69, 9.17) is 9.63 Å². The maximum absolute atomic E-state index is 10.8. The number of aromatic nitrogens is 2. The molecule has 6 heteroatoms. The van der Waals surface area contributed by atoms with Crippen molar-refractivity contribution in [1.82, 2.24) is 10.1 Å². The minimum Gasteiger partial charge on any atom is -0.481 e. The summed E-state index contributed by atoms with van der Waals surface area (Å²) in [4.78, 5) is 15.4. The quantitative estimate of drug-likeness (QED) is 0.616. The van der Waals surface area contributed by atoms with Crippen molar-refractivity contribution in [2.24, 2.45) is 5.92 Å². The molecule has 1 aromatic heterocycles. The van der Waals surface area contributed by atoms with Crippen molar-refractivity contribution in [3.8, 4) is 28.9 Å². The van der Waals surface area contributed by atoms with Crippen LogP contribution in [0.2, 0.25) is 0 Å². The molecule has 1 N–H and O–H groups in total. The van der Waals surface area contributed by atoms with Gasteiger partial charge in [0.15, 0.2) is 0 Å². The van der Waals surface area contributed by atoms with E-state index in [0.717, 1.165) is 39.8 Å². The molecule has 0 unspecified atom stereocenters. The molecule has 0 aliphatic heterocycles. The Morgan fingerprint density at radius 1 is 1.29 bits per heavy atom. The van der Waals surface area contributed by atoms with E-state index in [0.29, 0.717) is 29.6 Å². The first-order chi connectivity index (χ1) is 15.0. The predicted molar refractivity (Wildman–Crippen MR) is 115 cm³/mol. The number of allylic oxidation sites excluding steroid dienone is 1. The zero-order chi connectivity index (χ0) is 21.5. The standard InChI is InChI=1S/C25H21N3O3/c1-14-8-15(3-7-23(29)30)2-6-21(14)24-27-25(31-28-24)19-10-18-9-17(16-4-5-16)12-22(18)20(11-19)13-26/h2,6,8-11,16H,3-5,7,12H2,1H3,(H,29,30). The molecular weight excluding hydrogens is 390 g/mol. The summed E-state index contributed by atoms with van der Waals surface area (Å²) in [6.45, 7) is 1.95. The lowest BCUT2D eigenvalue weighted by Gasteiger charge is -2.05. The van der Waals surface area contributed by atoms with E-state index >= 15 is 0 Å². The van der Waals surface area contributed by atoms with Gasteiger partial charge in [0.1, 0.15) is 0 Å². The van der Waals surface area contributed by atoms with Crippen LogP contribution in [0.5, 0.6) is 0 Å². The van der Waals surface area contributed by atoms with Crippen LogP contribution in [-0.4, -0.2) is 21.2 Å². The molecule has 0 amide bonds. The van der Waals surface area contributed by atoms with Gasteiger partial charge in [-0.3, -0.25) is 4.79 Å². The van der Waals surface area contributed by atoms with Gasteiger partial charge in [0.05, 0.1) is 11.6 Å². The lowest BCUT2D eigenvalue weighted by molar-refractivity contribution is -0.136. The molecule has 0 bridgehead atoms. The topological polar surface area (TPSA) is 100 Å². The van der Waals surface area contributed by atoms with E-state index < -0.39 is 5.97 Å².